The smallest absolute Gasteiger partial charge is 0.242 e. The zero-order chi connectivity index (χ0) is 5.98. The van der Waals surface area contributed by atoms with Crippen LogP contribution in [-0.2, 0) is 9.47 Å². The van der Waals surface area contributed by atoms with Gasteiger partial charge in [0.15, 0.2) is 0 Å². The van der Waals surface area contributed by atoms with Crippen LogP contribution in [0, 0.1) is 6.29 Å². The van der Waals surface area contributed by atoms with Crippen molar-refractivity contribution < 1.29 is 9.47 Å². The molecule has 0 spiro atoms. The molecule has 0 aromatic carbocycles. The fourth-order valence-electron chi connectivity index (χ4n) is 0.658. The Morgan fingerprint density at radius 2 is 2.62 bits per heavy atom. The zero-order valence-electron chi connectivity index (χ0n) is 4.69. The highest BCUT2D eigenvalue weighted by Crippen LogP contribution is 2.25. The Morgan fingerprint density at radius 3 is 2.88 bits per heavy atom. The molecular formula is C5H8ClO2. The summed E-state index contributed by atoms with van der Waals surface area (Å²) < 4.78 is 9.76. The summed E-state index contributed by atoms with van der Waals surface area (Å²) in [7, 11) is 1.57. The maximum Gasteiger partial charge on any atom is 0.242 e. The molecular weight excluding hydrogens is 128 g/mol. The monoisotopic (exact) mass is 135 g/mol. The molecule has 1 rings (SSSR count). The number of halogens is 1. The summed E-state index contributed by atoms with van der Waals surface area (Å²) >= 11 is 5.69. The Bertz CT molecular complexity index is 76.8. The van der Waals surface area contributed by atoms with Crippen LogP contribution in [0.3, 0.4) is 0 Å². The van der Waals surface area contributed by atoms with Crippen molar-refractivity contribution in [3.8, 4) is 0 Å². The van der Waals surface area contributed by atoms with Crippen molar-refractivity contribution >= 4 is 11.6 Å². The molecule has 0 N–H and O–H groups in total. The van der Waals surface area contributed by atoms with Gasteiger partial charge in [-0.25, -0.2) is 0 Å². The van der Waals surface area contributed by atoms with Crippen molar-refractivity contribution in [1.29, 1.82) is 0 Å². The minimum Gasteiger partial charge on any atom is -0.348 e. The van der Waals surface area contributed by atoms with Crippen LogP contribution < -0.4 is 0 Å². The molecule has 1 heterocycles. The normalized spacial score (nSPS) is 31.5. The van der Waals surface area contributed by atoms with Gasteiger partial charge in [0.25, 0.3) is 0 Å². The minimum absolute atomic E-state index is 0.0278. The maximum atomic E-state index is 5.69. The highest BCUT2D eigenvalue weighted by Gasteiger charge is 2.27. The Hall–Kier alpha value is 0.210. The molecule has 8 heavy (non-hydrogen) atoms. The molecule has 1 unspecified atom stereocenters. The van der Waals surface area contributed by atoms with Gasteiger partial charge in [0, 0.05) is 7.11 Å². The lowest BCUT2D eigenvalue weighted by molar-refractivity contribution is 0.0137. The van der Waals surface area contributed by atoms with Crippen molar-refractivity contribution in [3.63, 3.8) is 0 Å². The fourth-order valence-corrected chi connectivity index (χ4v) is 0.899. The van der Waals surface area contributed by atoms with E-state index in [1.807, 2.05) is 0 Å². The molecule has 0 saturated carbocycles. The second-order valence-corrected chi connectivity index (χ2v) is 2.15. The van der Waals surface area contributed by atoms with Gasteiger partial charge in [-0.2, -0.15) is 0 Å². The van der Waals surface area contributed by atoms with E-state index in [1.165, 1.54) is 0 Å². The molecule has 1 aliphatic heterocycles. The SMILES string of the molecule is CO[C]1OCCC1Cl. The third kappa shape index (κ3) is 1.13. The standard InChI is InChI=1S/C5H8ClO2/c1-7-5-4(6)2-3-8-5/h4H,2-3H2,1H3. The number of hydrogen-bond acceptors (Lipinski definition) is 2. The summed E-state index contributed by atoms with van der Waals surface area (Å²) in [6.07, 6.45) is 1.43. The van der Waals surface area contributed by atoms with E-state index in [2.05, 4.69) is 0 Å². The number of methoxy groups -OCH3 is 1. The van der Waals surface area contributed by atoms with E-state index in [4.69, 9.17) is 21.1 Å². The largest absolute Gasteiger partial charge is 0.348 e. The van der Waals surface area contributed by atoms with Crippen molar-refractivity contribution in [2.45, 2.75) is 11.8 Å². The predicted molar refractivity (Wildman–Crippen MR) is 30.5 cm³/mol. The van der Waals surface area contributed by atoms with Gasteiger partial charge in [0.05, 0.1) is 12.0 Å². The third-order valence-electron chi connectivity index (χ3n) is 1.07. The first-order valence-corrected chi connectivity index (χ1v) is 2.96. The summed E-state index contributed by atoms with van der Waals surface area (Å²) in [5.74, 6) is 0. The molecule has 3 heteroatoms. The summed E-state index contributed by atoms with van der Waals surface area (Å²) in [5.41, 5.74) is 0. The van der Waals surface area contributed by atoms with Gasteiger partial charge >= 0.3 is 0 Å². The predicted octanol–water partition coefficient (Wildman–Crippen LogP) is 1.15. The van der Waals surface area contributed by atoms with E-state index in [0.29, 0.717) is 12.9 Å². The molecule has 0 aliphatic carbocycles. The van der Waals surface area contributed by atoms with Gasteiger partial charge in [-0.05, 0) is 6.42 Å². The van der Waals surface area contributed by atoms with Gasteiger partial charge in [-0.3, -0.25) is 0 Å². The van der Waals surface area contributed by atoms with Crippen LogP contribution in [-0.4, -0.2) is 19.1 Å². The zero-order valence-corrected chi connectivity index (χ0v) is 5.44. The lowest BCUT2D eigenvalue weighted by Gasteiger charge is -2.06. The van der Waals surface area contributed by atoms with E-state index in [1.54, 1.807) is 7.11 Å². The summed E-state index contributed by atoms with van der Waals surface area (Å²) in [4.78, 5) is 0. The Balaban J connectivity index is 2.30. The fraction of sp³-hybridized carbons (Fsp3) is 0.800. The lowest BCUT2D eigenvalue weighted by atomic mass is 10.3. The quantitative estimate of drug-likeness (QED) is 0.503. The van der Waals surface area contributed by atoms with Crippen molar-refractivity contribution in [2.24, 2.45) is 0 Å². The molecule has 0 aromatic rings. The highest BCUT2D eigenvalue weighted by molar-refractivity contribution is 6.21. The number of ether oxygens (including phenoxy) is 2. The molecule has 2 nitrogen and oxygen atoms in total. The summed E-state index contributed by atoms with van der Waals surface area (Å²) in [6, 6.07) is 0. The molecule has 0 bridgehead atoms. The second kappa shape index (κ2) is 2.67. The highest BCUT2D eigenvalue weighted by atomic mass is 35.5. The number of hydrogen-bond donors (Lipinski definition) is 0. The van der Waals surface area contributed by atoms with Crippen molar-refractivity contribution in [1.82, 2.24) is 0 Å². The van der Waals surface area contributed by atoms with Crippen LogP contribution >= 0.6 is 11.6 Å². The van der Waals surface area contributed by atoms with E-state index >= 15 is 0 Å². The van der Waals surface area contributed by atoms with E-state index in [9.17, 15) is 0 Å². The van der Waals surface area contributed by atoms with Crippen LogP contribution in [0.5, 0.6) is 0 Å². The third-order valence-corrected chi connectivity index (χ3v) is 1.47. The molecule has 1 atom stereocenters. The van der Waals surface area contributed by atoms with E-state index in [0.717, 1.165) is 6.42 Å². The first-order valence-electron chi connectivity index (χ1n) is 2.52. The lowest BCUT2D eigenvalue weighted by Crippen LogP contribution is -2.07. The number of rotatable bonds is 1. The maximum absolute atomic E-state index is 5.69. The molecule has 0 aromatic heterocycles. The molecule has 1 aliphatic rings. The topological polar surface area (TPSA) is 18.5 Å². The van der Waals surface area contributed by atoms with Crippen LogP contribution in [0.4, 0.5) is 0 Å². The Kier molecular flexibility index (Phi) is 2.11. The molecule has 1 fully saturated rings. The first kappa shape index (κ1) is 6.33. The van der Waals surface area contributed by atoms with E-state index in [-0.39, 0.29) is 5.38 Å². The first-order chi connectivity index (χ1) is 3.84. The molecule has 1 radical (unpaired) electrons. The van der Waals surface area contributed by atoms with Gasteiger partial charge in [-0.15, -0.1) is 11.6 Å². The van der Waals surface area contributed by atoms with Gasteiger partial charge < -0.3 is 9.47 Å². The average molecular weight is 136 g/mol. The van der Waals surface area contributed by atoms with Gasteiger partial charge in [0.1, 0.15) is 0 Å². The minimum atomic E-state index is -0.0278. The van der Waals surface area contributed by atoms with Gasteiger partial charge in [0.2, 0.25) is 6.29 Å². The summed E-state index contributed by atoms with van der Waals surface area (Å²) in [6.45, 7) is 0.692. The van der Waals surface area contributed by atoms with Crippen molar-refractivity contribution in [2.75, 3.05) is 13.7 Å². The van der Waals surface area contributed by atoms with Crippen molar-refractivity contribution in [3.05, 3.63) is 6.29 Å². The average Bonchev–Trinajstić information content (AvgIpc) is 2.14. The molecule has 47 valence electrons. The van der Waals surface area contributed by atoms with E-state index < -0.39 is 0 Å². The number of alkyl halides is 1. The molecule has 0 amide bonds. The Morgan fingerprint density at radius 1 is 1.88 bits per heavy atom. The Labute approximate surface area is 53.7 Å². The molecule has 1 saturated heterocycles. The van der Waals surface area contributed by atoms with Gasteiger partial charge in [-0.1, -0.05) is 0 Å². The van der Waals surface area contributed by atoms with Crippen LogP contribution in [0.2, 0.25) is 0 Å². The second-order valence-electron chi connectivity index (χ2n) is 1.63. The van der Waals surface area contributed by atoms with Crippen LogP contribution in [0.15, 0.2) is 0 Å². The van der Waals surface area contributed by atoms with Crippen LogP contribution in [0.1, 0.15) is 6.42 Å². The summed E-state index contributed by atoms with van der Waals surface area (Å²) in [5, 5.41) is -0.0278. The van der Waals surface area contributed by atoms with Crippen LogP contribution in [0.25, 0.3) is 0 Å².